The SMILES string of the molecule is COc1cc(N)c(C(C)C)cc1N. The van der Waals surface area contributed by atoms with Crippen LogP contribution in [0.3, 0.4) is 0 Å². The minimum absolute atomic E-state index is 0.383. The molecule has 0 radical (unpaired) electrons. The van der Waals surface area contributed by atoms with Crippen molar-refractivity contribution >= 4 is 11.4 Å². The van der Waals surface area contributed by atoms with E-state index in [1.165, 1.54) is 0 Å². The fourth-order valence-electron chi connectivity index (χ4n) is 1.31. The van der Waals surface area contributed by atoms with Crippen molar-refractivity contribution < 1.29 is 4.74 Å². The van der Waals surface area contributed by atoms with E-state index in [1.807, 2.05) is 6.07 Å². The molecule has 0 atom stereocenters. The van der Waals surface area contributed by atoms with Gasteiger partial charge in [0.2, 0.25) is 0 Å². The molecule has 0 aliphatic heterocycles. The third-order valence-corrected chi connectivity index (χ3v) is 2.06. The number of anilines is 2. The van der Waals surface area contributed by atoms with Gasteiger partial charge in [0.25, 0.3) is 0 Å². The third-order valence-electron chi connectivity index (χ3n) is 2.06. The van der Waals surface area contributed by atoms with Gasteiger partial charge in [-0.3, -0.25) is 0 Å². The molecule has 0 amide bonds. The van der Waals surface area contributed by atoms with Crippen molar-refractivity contribution in [1.82, 2.24) is 0 Å². The topological polar surface area (TPSA) is 61.3 Å². The summed E-state index contributed by atoms with van der Waals surface area (Å²) >= 11 is 0. The molecule has 0 aliphatic carbocycles. The third kappa shape index (κ3) is 1.86. The maximum atomic E-state index is 5.83. The van der Waals surface area contributed by atoms with Gasteiger partial charge >= 0.3 is 0 Å². The first-order chi connectivity index (χ1) is 6.06. The molecule has 0 saturated heterocycles. The molecule has 0 fully saturated rings. The lowest BCUT2D eigenvalue weighted by molar-refractivity contribution is 0.417. The van der Waals surface area contributed by atoms with Crippen molar-refractivity contribution in [2.75, 3.05) is 18.6 Å². The standard InChI is InChI=1S/C10H16N2O/c1-6(2)7-4-9(12)10(13-3)5-8(7)11/h4-6H,11-12H2,1-3H3. The summed E-state index contributed by atoms with van der Waals surface area (Å²) in [6, 6.07) is 3.64. The molecule has 0 spiro atoms. The molecule has 1 aromatic rings. The van der Waals surface area contributed by atoms with E-state index >= 15 is 0 Å². The smallest absolute Gasteiger partial charge is 0.143 e. The first kappa shape index (κ1) is 9.71. The van der Waals surface area contributed by atoms with Gasteiger partial charge in [0.1, 0.15) is 5.75 Å². The summed E-state index contributed by atoms with van der Waals surface area (Å²) in [4.78, 5) is 0. The van der Waals surface area contributed by atoms with Gasteiger partial charge in [-0.25, -0.2) is 0 Å². The minimum Gasteiger partial charge on any atom is -0.495 e. The summed E-state index contributed by atoms with van der Waals surface area (Å²) < 4.78 is 5.06. The summed E-state index contributed by atoms with van der Waals surface area (Å²) in [6.07, 6.45) is 0. The van der Waals surface area contributed by atoms with Crippen LogP contribution in [0, 0.1) is 0 Å². The molecule has 13 heavy (non-hydrogen) atoms. The normalized spacial score (nSPS) is 10.5. The van der Waals surface area contributed by atoms with Gasteiger partial charge in [-0.1, -0.05) is 13.8 Å². The van der Waals surface area contributed by atoms with Crippen LogP contribution in [0.1, 0.15) is 25.3 Å². The fourth-order valence-corrected chi connectivity index (χ4v) is 1.31. The van der Waals surface area contributed by atoms with Gasteiger partial charge in [-0.2, -0.15) is 0 Å². The van der Waals surface area contributed by atoms with E-state index in [2.05, 4.69) is 13.8 Å². The largest absolute Gasteiger partial charge is 0.495 e. The Morgan fingerprint density at radius 3 is 2.23 bits per heavy atom. The number of hydrogen-bond acceptors (Lipinski definition) is 3. The lowest BCUT2D eigenvalue weighted by atomic mass is 10.0. The number of nitrogen functional groups attached to an aromatic ring is 2. The maximum absolute atomic E-state index is 5.83. The molecule has 0 bridgehead atoms. The molecule has 1 rings (SSSR count). The highest BCUT2D eigenvalue weighted by Gasteiger charge is 2.08. The first-order valence-electron chi connectivity index (χ1n) is 4.29. The lowest BCUT2D eigenvalue weighted by Crippen LogP contribution is -2.00. The molecular weight excluding hydrogens is 164 g/mol. The van der Waals surface area contributed by atoms with E-state index in [1.54, 1.807) is 13.2 Å². The van der Waals surface area contributed by atoms with Gasteiger partial charge in [0.05, 0.1) is 12.8 Å². The second kappa shape index (κ2) is 3.56. The zero-order chi connectivity index (χ0) is 10.0. The van der Waals surface area contributed by atoms with E-state index in [-0.39, 0.29) is 0 Å². The average Bonchev–Trinajstić information content (AvgIpc) is 2.07. The van der Waals surface area contributed by atoms with Crippen LogP contribution in [0.4, 0.5) is 11.4 Å². The van der Waals surface area contributed by atoms with E-state index in [4.69, 9.17) is 16.2 Å². The van der Waals surface area contributed by atoms with Crippen molar-refractivity contribution in [3.05, 3.63) is 17.7 Å². The Morgan fingerprint density at radius 1 is 1.15 bits per heavy atom. The van der Waals surface area contributed by atoms with Crippen LogP contribution >= 0.6 is 0 Å². The minimum atomic E-state index is 0.383. The first-order valence-corrected chi connectivity index (χ1v) is 4.29. The summed E-state index contributed by atoms with van der Waals surface area (Å²) in [5.41, 5.74) is 14.0. The van der Waals surface area contributed by atoms with Crippen molar-refractivity contribution in [1.29, 1.82) is 0 Å². The van der Waals surface area contributed by atoms with E-state index < -0.39 is 0 Å². The molecule has 0 aromatic heterocycles. The molecule has 1 aromatic carbocycles. The molecule has 0 unspecified atom stereocenters. The predicted molar refractivity (Wildman–Crippen MR) is 55.9 cm³/mol. The molecule has 72 valence electrons. The fraction of sp³-hybridized carbons (Fsp3) is 0.400. The van der Waals surface area contributed by atoms with E-state index in [9.17, 15) is 0 Å². The number of nitrogens with two attached hydrogens (primary N) is 2. The highest BCUT2D eigenvalue weighted by molar-refractivity contribution is 5.64. The molecule has 3 nitrogen and oxygen atoms in total. The Morgan fingerprint density at radius 2 is 1.77 bits per heavy atom. The zero-order valence-corrected chi connectivity index (χ0v) is 8.29. The second-order valence-electron chi connectivity index (χ2n) is 3.38. The van der Waals surface area contributed by atoms with Crippen molar-refractivity contribution in [3.63, 3.8) is 0 Å². The van der Waals surface area contributed by atoms with Crippen LogP contribution < -0.4 is 16.2 Å². The van der Waals surface area contributed by atoms with E-state index in [0.717, 1.165) is 11.3 Å². The van der Waals surface area contributed by atoms with Crippen molar-refractivity contribution in [2.24, 2.45) is 0 Å². The number of rotatable bonds is 2. The summed E-state index contributed by atoms with van der Waals surface area (Å²) in [6.45, 7) is 4.16. The molecular formula is C10H16N2O. The van der Waals surface area contributed by atoms with Crippen LogP contribution in [0.5, 0.6) is 5.75 Å². The molecule has 0 heterocycles. The zero-order valence-electron chi connectivity index (χ0n) is 8.29. The Kier molecular flexibility index (Phi) is 2.66. The number of ether oxygens (including phenoxy) is 1. The van der Waals surface area contributed by atoms with Crippen LogP contribution in [-0.4, -0.2) is 7.11 Å². The Hall–Kier alpha value is -1.38. The highest BCUT2D eigenvalue weighted by Crippen LogP contribution is 2.31. The van der Waals surface area contributed by atoms with Crippen molar-refractivity contribution in [2.45, 2.75) is 19.8 Å². The Balaban J connectivity index is 3.20. The van der Waals surface area contributed by atoms with Gasteiger partial charge < -0.3 is 16.2 Å². The van der Waals surface area contributed by atoms with Crippen LogP contribution in [0.15, 0.2) is 12.1 Å². The summed E-state index contributed by atoms with van der Waals surface area (Å²) in [5, 5.41) is 0. The summed E-state index contributed by atoms with van der Waals surface area (Å²) in [5.74, 6) is 1.02. The molecule has 0 aliphatic rings. The second-order valence-corrected chi connectivity index (χ2v) is 3.38. The number of hydrogen-bond donors (Lipinski definition) is 2. The van der Waals surface area contributed by atoms with Crippen LogP contribution in [-0.2, 0) is 0 Å². The summed E-state index contributed by atoms with van der Waals surface area (Å²) in [7, 11) is 1.58. The maximum Gasteiger partial charge on any atom is 0.143 e. The number of benzene rings is 1. The van der Waals surface area contributed by atoms with Crippen molar-refractivity contribution in [3.8, 4) is 5.75 Å². The quantitative estimate of drug-likeness (QED) is 0.684. The van der Waals surface area contributed by atoms with Crippen LogP contribution in [0.25, 0.3) is 0 Å². The van der Waals surface area contributed by atoms with Gasteiger partial charge in [0, 0.05) is 11.8 Å². The molecule has 0 saturated carbocycles. The highest BCUT2D eigenvalue weighted by atomic mass is 16.5. The van der Waals surface area contributed by atoms with Crippen LogP contribution in [0.2, 0.25) is 0 Å². The number of methoxy groups -OCH3 is 1. The molecule has 3 heteroatoms. The monoisotopic (exact) mass is 180 g/mol. The average molecular weight is 180 g/mol. The Bertz CT molecular complexity index is 308. The predicted octanol–water partition coefficient (Wildman–Crippen LogP) is 1.98. The van der Waals surface area contributed by atoms with E-state index in [0.29, 0.717) is 17.4 Å². The lowest BCUT2D eigenvalue weighted by Gasteiger charge is -2.12. The van der Waals surface area contributed by atoms with Gasteiger partial charge in [-0.05, 0) is 17.5 Å². The molecule has 4 N–H and O–H groups in total. The van der Waals surface area contributed by atoms with Gasteiger partial charge in [-0.15, -0.1) is 0 Å². The van der Waals surface area contributed by atoms with Gasteiger partial charge in [0.15, 0.2) is 0 Å². The Labute approximate surface area is 78.7 Å².